The van der Waals surface area contributed by atoms with E-state index in [1.165, 1.54) is 38.7 Å². The molecule has 0 aliphatic carbocycles. The highest BCUT2D eigenvalue weighted by Crippen LogP contribution is 2.30. The second kappa shape index (κ2) is 5.14. The molecule has 0 amide bonds. The first-order valence-corrected chi connectivity index (χ1v) is 7.07. The van der Waals surface area contributed by atoms with Crippen molar-refractivity contribution in [1.82, 2.24) is 4.98 Å². The number of H-pyrrole nitrogens is 1. The minimum atomic E-state index is 0.681. The van der Waals surface area contributed by atoms with Gasteiger partial charge in [-0.2, -0.15) is 0 Å². The van der Waals surface area contributed by atoms with E-state index in [0.29, 0.717) is 6.54 Å². The van der Waals surface area contributed by atoms with Gasteiger partial charge in [-0.15, -0.1) is 0 Å². The number of nitrogens with two attached hydrogens (primary N) is 1. The van der Waals surface area contributed by atoms with E-state index in [-0.39, 0.29) is 0 Å². The lowest BCUT2D eigenvalue weighted by atomic mass is 9.98. The van der Waals surface area contributed by atoms with Crippen LogP contribution >= 0.6 is 0 Å². The quantitative estimate of drug-likeness (QED) is 0.739. The number of hydrogen-bond donors (Lipinski definition) is 2. The Morgan fingerprint density at radius 1 is 1.05 bits per heavy atom. The molecule has 0 spiro atoms. The Hall–Kier alpha value is -2.06. The van der Waals surface area contributed by atoms with Crippen LogP contribution in [-0.2, 0) is 6.42 Å². The zero-order chi connectivity index (χ0) is 14.1. The molecule has 2 nitrogen and oxygen atoms in total. The normalized spacial score (nSPS) is 11.2. The van der Waals surface area contributed by atoms with Crippen LogP contribution in [0.3, 0.4) is 0 Å². The van der Waals surface area contributed by atoms with Gasteiger partial charge in [0.15, 0.2) is 0 Å². The van der Waals surface area contributed by atoms with Crippen molar-refractivity contribution < 1.29 is 0 Å². The third-order valence-corrected chi connectivity index (χ3v) is 4.03. The van der Waals surface area contributed by atoms with Gasteiger partial charge in [0.2, 0.25) is 0 Å². The van der Waals surface area contributed by atoms with Gasteiger partial charge < -0.3 is 10.7 Å². The van der Waals surface area contributed by atoms with Gasteiger partial charge in [-0.1, -0.05) is 36.4 Å². The maximum atomic E-state index is 5.68. The summed E-state index contributed by atoms with van der Waals surface area (Å²) in [6.45, 7) is 4.99. The zero-order valence-electron chi connectivity index (χ0n) is 12.0. The Balaban J connectivity index is 2.18. The SMILES string of the molecule is Cc1ccc(-c2cccc3c(CCN)c[nH]c23)cc1C. The molecule has 0 atom stereocenters. The Bertz CT molecular complexity index is 753. The van der Waals surface area contributed by atoms with Gasteiger partial charge in [-0.3, -0.25) is 0 Å². The highest BCUT2D eigenvalue weighted by Gasteiger charge is 2.09. The minimum absolute atomic E-state index is 0.681. The summed E-state index contributed by atoms with van der Waals surface area (Å²) in [5, 5.41) is 1.28. The molecular weight excluding hydrogens is 244 g/mol. The molecule has 0 unspecified atom stereocenters. The first-order chi connectivity index (χ1) is 9.70. The van der Waals surface area contributed by atoms with Crippen molar-refractivity contribution in [3.05, 3.63) is 59.3 Å². The first-order valence-electron chi connectivity index (χ1n) is 7.07. The largest absolute Gasteiger partial charge is 0.360 e. The van der Waals surface area contributed by atoms with Gasteiger partial charge in [0.05, 0.1) is 5.52 Å². The second-order valence-corrected chi connectivity index (χ2v) is 5.38. The van der Waals surface area contributed by atoms with E-state index in [9.17, 15) is 0 Å². The molecule has 0 aliphatic rings. The van der Waals surface area contributed by atoms with Crippen LogP contribution in [0.4, 0.5) is 0 Å². The molecule has 0 saturated carbocycles. The average Bonchev–Trinajstić information content (AvgIpc) is 2.86. The summed E-state index contributed by atoms with van der Waals surface area (Å²) >= 11 is 0. The topological polar surface area (TPSA) is 41.8 Å². The number of aromatic amines is 1. The monoisotopic (exact) mass is 264 g/mol. The predicted molar refractivity (Wildman–Crippen MR) is 86.0 cm³/mol. The zero-order valence-corrected chi connectivity index (χ0v) is 12.0. The van der Waals surface area contributed by atoms with Gasteiger partial charge in [0.25, 0.3) is 0 Å². The fourth-order valence-corrected chi connectivity index (χ4v) is 2.72. The third kappa shape index (κ3) is 2.12. The Labute approximate surface area is 119 Å². The lowest BCUT2D eigenvalue weighted by Gasteiger charge is -2.07. The van der Waals surface area contributed by atoms with Crippen molar-refractivity contribution in [3.63, 3.8) is 0 Å². The number of hydrogen-bond acceptors (Lipinski definition) is 1. The van der Waals surface area contributed by atoms with Crippen LogP contribution in [0.25, 0.3) is 22.0 Å². The number of nitrogens with one attached hydrogen (secondary N) is 1. The van der Waals surface area contributed by atoms with E-state index in [0.717, 1.165) is 6.42 Å². The smallest absolute Gasteiger partial charge is 0.0536 e. The number of rotatable bonds is 3. The minimum Gasteiger partial charge on any atom is -0.360 e. The molecule has 1 heterocycles. The molecule has 3 N–H and O–H groups in total. The fraction of sp³-hybridized carbons (Fsp3) is 0.222. The Morgan fingerprint density at radius 3 is 2.65 bits per heavy atom. The molecule has 0 saturated heterocycles. The number of benzene rings is 2. The van der Waals surface area contributed by atoms with Gasteiger partial charge in [0.1, 0.15) is 0 Å². The highest BCUT2D eigenvalue weighted by atomic mass is 14.7. The van der Waals surface area contributed by atoms with Gasteiger partial charge in [-0.05, 0) is 49.1 Å². The fourth-order valence-electron chi connectivity index (χ4n) is 2.72. The van der Waals surface area contributed by atoms with E-state index in [1.54, 1.807) is 0 Å². The molecule has 2 aromatic carbocycles. The first kappa shape index (κ1) is 12.9. The molecule has 102 valence electrons. The maximum absolute atomic E-state index is 5.68. The summed E-state index contributed by atoms with van der Waals surface area (Å²) in [5.74, 6) is 0. The van der Waals surface area contributed by atoms with Crippen molar-refractivity contribution in [2.75, 3.05) is 6.54 Å². The van der Waals surface area contributed by atoms with E-state index < -0.39 is 0 Å². The summed E-state index contributed by atoms with van der Waals surface area (Å²) in [6.07, 6.45) is 3.00. The summed E-state index contributed by atoms with van der Waals surface area (Å²) in [7, 11) is 0. The van der Waals surface area contributed by atoms with Crippen molar-refractivity contribution in [3.8, 4) is 11.1 Å². The van der Waals surface area contributed by atoms with Crippen LogP contribution in [0.5, 0.6) is 0 Å². The second-order valence-electron chi connectivity index (χ2n) is 5.38. The van der Waals surface area contributed by atoms with Crippen LogP contribution in [0.1, 0.15) is 16.7 Å². The van der Waals surface area contributed by atoms with Crippen LogP contribution in [0.2, 0.25) is 0 Å². The average molecular weight is 264 g/mol. The van der Waals surface area contributed by atoms with Crippen molar-refractivity contribution in [2.24, 2.45) is 5.73 Å². The number of fused-ring (bicyclic) bond motifs is 1. The Morgan fingerprint density at radius 2 is 1.90 bits per heavy atom. The van der Waals surface area contributed by atoms with Crippen LogP contribution < -0.4 is 5.73 Å². The highest BCUT2D eigenvalue weighted by molar-refractivity contribution is 5.96. The molecule has 0 fully saturated rings. The molecule has 3 aromatic rings. The number of aromatic nitrogens is 1. The van der Waals surface area contributed by atoms with Gasteiger partial charge in [0, 0.05) is 17.1 Å². The molecule has 3 rings (SSSR count). The lowest BCUT2D eigenvalue weighted by molar-refractivity contribution is 0.976. The summed E-state index contributed by atoms with van der Waals surface area (Å²) in [5.41, 5.74) is 13.4. The third-order valence-electron chi connectivity index (χ3n) is 4.03. The predicted octanol–water partition coefficient (Wildman–Crippen LogP) is 3.95. The summed E-state index contributed by atoms with van der Waals surface area (Å²) in [4.78, 5) is 3.42. The molecule has 0 radical (unpaired) electrons. The maximum Gasteiger partial charge on any atom is 0.0536 e. The van der Waals surface area contributed by atoms with Crippen molar-refractivity contribution in [1.29, 1.82) is 0 Å². The van der Waals surface area contributed by atoms with Crippen LogP contribution in [0.15, 0.2) is 42.6 Å². The van der Waals surface area contributed by atoms with Crippen molar-refractivity contribution in [2.45, 2.75) is 20.3 Å². The molecular formula is C18H20N2. The number of para-hydroxylation sites is 1. The molecule has 1 aromatic heterocycles. The summed E-state index contributed by atoms with van der Waals surface area (Å²) in [6, 6.07) is 13.1. The lowest BCUT2D eigenvalue weighted by Crippen LogP contribution is -2.01. The standard InChI is InChI=1S/C18H20N2/c1-12-6-7-14(10-13(12)2)16-4-3-5-17-15(8-9-19)11-20-18(16)17/h3-7,10-11,20H,8-9,19H2,1-2H3. The molecule has 0 aliphatic heterocycles. The van der Waals surface area contributed by atoms with Gasteiger partial charge in [-0.25, -0.2) is 0 Å². The van der Waals surface area contributed by atoms with Crippen LogP contribution in [0, 0.1) is 13.8 Å². The molecule has 20 heavy (non-hydrogen) atoms. The van der Waals surface area contributed by atoms with E-state index in [4.69, 9.17) is 5.73 Å². The number of aryl methyl sites for hydroxylation is 2. The van der Waals surface area contributed by atoms with E-state index >= 15 is 0 Å². The molecule has 2 heteroatoms. The van der Waals surface area contributed by atoms with Crippen LogP contribution in [-0.4, -0.2) is 11.5 Å². The van der Waals surface area contributed by atoms with E-state index in [2.05, 4.69) is 61.4 Å². The van der Waals surface area contributed by atoms with E-state index in [1.807, 2.05) is 0 Å². The summed E-state index contributed by atoms with van der Waals surface area (Å²) < 4.78 is 0. The Kier molecular flexibility index (Phi) is 3.33. The van der Waals surface area contributed by atoms with Gasteiger partial charge >= 0.3 is 0 Å². The molecule has 0 bridgehead atoms. The van der Waals surface area contributed by atoms with Crippen molar-refractivity contribution >= 4 is 10.9 Å².